The number of nitrogens with zero attached hydrogens (tertiary/aromatic N) is 4. The minimum absolute atomic E-state index is 0.306. The molecule has 0 bridgehead atoms. The smallest absolute Gasteiger partial charge is 0.475 e. The molecule has 43 heavy (non-hydrogen) atoms. The van der Waals surface area contributed by atoms with Crippen molar-refractivity contribution in [3.63, 3.8) is 0 Å². The summed E-state index contributed by atoms with van der Waals surface area (Å²) in [7, 11) is 0. The predicted molar refractivity (Wildman–Crippen MR) is 136 cm³/mol. The SMILES string of the molecule is NCC(Cn1nc2cc(-c3ccc(N4CCNCC4)cc3)ccn2c1=O)=C(F)F.O=C(O)C(F)(F)F.O=C(O)C(F)(F)F. The van der Waals surface area contributed by atoms with Gasteiger partial charge in [-0.15, -0.1) is 5.10 Å². The van der Waals surface area contributed by atoms with Crippen LogP contribution in [0, 0.1) is 0 Å². The molecule has 1 fully saturated rings. The summed E-state index contributed by atoms with van der Waals surface area (Å²) in [6.45, 7) is 3.25. The fourth-order valence-electron chi connectivity index (χ4n) is 3.47. The number of nitrogens with one attached hydrogen (secondary N) is 1. The minimum atomic E-state index is -5.08. The van der Waals surface area contributed by atoms with E-state index in [0.29, 0.717) is 5.65 Å². The van der Waals surface area contributed by atoms with Gasteiger partial charge in [-0.3, -0.25) is 4.40 Å². The number of aliphatic carboxylic acids is 2. The van der Waals surface area contributed by atoms with Crippen LogP contribution in [0.2, 0.25) is 0 Å². The van der Waals surface area contributed by atoms with Crippen LogP contribution < -0.4 is 21.6 Å². The predicted octanol–water partition coefficient (Wildman–Crippen LogP) is 2.95. The van der Waals surface area contributed by atoms with E-state index in [-0.39, 0.29) is 18.7 Å². The van der Waals surface area contributed by atoms with Crippen molar-refractivity contribution in [1.29, 1.82) is 0 Å². The molecule has 1 aromatic carbocycles. The first-order chi connectivity index (χ1) is 19.9. The minimum Gasteiger partial charge on any atom is -0.475 e. The molecular weight excluding hydrogens is 604 g/mol. The van der Waals surface area contributed by atoms with Gasteiger partial charge in [0, 0.05) is 50.2 Å². The molecule has 1 aliphatic heterocycles. The largest absolute Gasteiger partial charge is 0.490 e. The highest BCUT2D eigenvalue weighted by atomic mass is 19.4. The molecule has 19 heteroatoms. The lowest BCUT2D eigenvalue weighted by Crippen LogP contribution is -2.43. The summed E-state index contributed by atoms with van der Waals surface area (Å²) in [5.41, 5.74) is 8.01. The number of nitrogens with two attached hydrogens (primary N) is 1. The fraction of sp³-hybridized carbons (Fsp3) is 0.333. The van der Waals surface area contributed by atoms with E-state index in [9.17, 15) is 39.9 Å². The first-order valence-electron chi connectivity index (χ1n) is 11.9. The second-order valence-electron chi connectivity index (χ2n) is 8.54. The van der Waals surface area contributed by atoms with E-state index in [2.05, 4.69) is 27.4 Å². The molecule has 236 valence electrons. The lowest BCUT2D eigenvalue weighted by Gasteiger charge is -2.29. The summed E-state index contributed by atoms with van der Waals surface area (Å²) >= 11 is 0. The number of anilines is 1. The van der Waals surface area contributed by atoms with Gasteiger partial charge in [-0.2, -0.15) is 35.1 Å². The van der Waals surface area contributed by atoms with Gasteiger partial charge < -0.3 is 26.2 Å². The van der Waals surface area contributed by atoms with E-state index in [4.69, 9.17) is 25.5 Å². The number of fused-ring (bicyclic) bond motifs is 1. The molecule has 0 amide bonds. The van der Waals surface area contributed by atoms with Gasteiger partial charge in [-0.1, -0.05) is 12.1 Å². The molecule has 1 aliphatic rings. The first-order valence-corrected chi connectivity index (χ1v) is 11.9. The fourth-order valence-corrected chi connectivity index (χ4v) is 3.47. The van der Waals surface area contributed by atoms with Crippen molar-refractivity contribution in [2.45, 2.75) is 18.9 Å². The Morgan fingerprint density at radius 3 is 1.86 bits per heavy atom. The number of aromatic nitrogens is 3. The van der Waals surface area contributed by atoms with Crippen LogP contribution in [-0.4, -0.2) is 81.4 Å². The summed E-state index contributed by atoms with van der Waals surface area (Å²) in [5.74, 6) is -5.51. The molecule has 3 heterocycles. The number of halogens is 8. The Bertz CT molecular complexity index is 1470. The third kappa shape index (κ3) is 10.1. The Labute approximate surface area is 236 Å². The lowest BCUT2D eigenvalue weighted by molar-refractivity contribution is -0.193. The molecule has 1 saturated heterocycles. The number of alkyl halides is 6. The van der Waals surface area contributed by atoms with Gasteiger partial charge in [0.2, 0.25) is 0 Å². The Hall–Kier alpha value is -4.52. The number of pyridine rings is 1. The van der Waals surface area contributed by atoms with Crippen LogP contribution in [0.5, 0.6) is 0 Å². The summed E-state index contributed by atoms with van der Waals surface area (Å²) in [5, 5.41) is 21.8. The number of carbonyl (C=O) groups is 2. The number of benzene rings is 1. The molecule has 2 aromatic heterocycles. The maximum absolute atomic E-state index is 12.9. The summed E-state index contributed by atoms with van der Waals surface area (Å²) in [6.07, 6.45) is -10.4. The normalized spacial score (nSPS) is 13.4. The monoisotopic (exact) mass is 628 g/mol. The second kappa shape index (κ2) is 14.6. The maximum atomic E-state index is 12.9. The third-order valence-corrected chi connectivity index (χ3v) is 5.61. The van der Waals surface area contributed by atoms with Gasteiger partial charge >= 0.3 is 30.0 Å². The zero-order valence-corrected chi connectivity index (χ0v) is 21.8. The van der Waals surface area contributed by atoms with Crippen LogP contribution in [0.15, 0.2) is 59.0 Å². The molecule has 0 aliphatic carbocycles. The first kappa shape index (κ1) is 34.7. The lowest BCUT2D eigenvalue weighted by atomic mass is 10.1. The Morgan fingerprint density at radius 1 is 0.907 bits per heavy atom. The van der Waals surface area contributed by atoms with E-state index >= 15 is 0 Å². The molecule has 3 aromatic rings. The van der Waals surface area contributed by atoms with E-state index in [0.717, 1.165) is 42.0 Å². The van der Waals surface area contributed by atoms with Crippen LogP contribution >= 0.6 is 0 Å². The van der Waals surface area contributed by atoms with Gasteiger partial charge in [0.25, 0.3) is 6.08 Å². The van der Waals surface area contributed by atoms with Gasteiger partial charge in [0.1, 0.15) is 0 Å². The standard InChI is InChI=1S/C20H22F2N6O.2C2HF3O2/c21-19(22)16(12-23)13-28-20(29)27-8-5-15(11-18(27)25-28)14-1-3-17(4-2-14)26-9-6-24-7-10-26;2*3-2(4,5)1(6)7/h1-5,8,11,24H,6-7,9-10,12-13,23H2;2*(H,6,7). The number of rotatable bonds is 5. The van der Waals surface area contributed by atoms with Gasteiger partial charge in [-0.25, -0.2) is 19.1 Å². The molecule has 11 nitrogen and oxygen atoms in total. The summed E-state index contributed by atoms with van der Waals surface area (Å²) in [4.78, 5) is 32.5. The van der Waals surface area contributed by atoms with Crippen molar-refractivity contribution in [3.05, 3.63) is 64.7 Å². The number of carboxylic acid groups (broad SMARTS) is 2. The van der Waals surface area contributed by atoms with Crippen molar-refractivity contribution in [2.24, 2.45) is 5.73 Å². The van der Waals surface area contributed by atoms with Crippen molar-refractivity contribution in [3.8, 4) is 11.1 Å². The average molecular weight is 628 g/mol. The van der Waals surface area contributed by atoms with Crippen LogP contribution in [0.1, 0.15) is 0 Å². The molecule has 4 rings (SSSR count). The molecule has 5 N–H and O–H groups in total. The molecule has 0 spiro atoms. The maximum Gasteiger partial charge on any atom is 0.490 e. The Balaban J connectivity index is 0.000000384. The van der Waals surface area contributed by atoms with Crippen LogP contribution in [-0.2, 0) is 16.1 Å². The average Bonchev–Trinajstić information content (AvgIpc) is 3.26. The number of hydrogen-bond donors (Lipinski definition) is 4. The van der Waals surface area contributed by atoms with E-state index in [1.165, 1.54) is 10.1 Å². The number of carboxylic acids is 2. The third-order valence-electron chi connectivity index (χ3n) is 5.61. The van der Waals surface area contributed by atoms with E-state index in [1.807, 2.05) is 18.2 Å². The Morgan fingerprint density at radius 2 is 1.42 bits per heavy atom. The quantitative estimate of drug-likeness (QED) is 0.312. The Kier molecular flexibility index (Phi) is 11.8. The highest BCUT2D eigenvalue weighted by molar-refractivity contribution is 5.73. The molecular formula is C24H24F8N6O5. The van der Waals surface area contributed by atoms with Crippen molar-refractivity contribution < 1.29 is 54.9 Å². The van der Waals surface area contributed by atoms with Gasteiger partial charge in [0.05, 0.1) is 6.54 Å². The molecule has 0 atom stereocenters. The van der Waals surface area contributed by atoms with Crippen LogP contribution in [0.3, 0.4) is 0 Å². The molecule has 0 radical (unpaired) electrons. The van der Waals surface area contributed by atoms with Crippen LogP contribution in [0.4, 0.5) is 40.8 Å². The van der Waals surface area contributed by atoms with Crippen molar-refractivity contribution >= 4 is 23.3 Å². The van der Waals surface area contributed by atoms with E-state index < -0.39 is 36.1 Å². The van der Waals surface area contributed by atoms with Gasteiger partial charge in [-0.05, 0) is 35.4 Å². The van der Waals surface area contributed by atoms with Crippen molar-refractivity contribution in [2.75, 3.05) is 37.6 Å². The molecule has 0 saturated carbocycles. The van der Waals surface area contributed by atoms with Gasteiger partial charge in [0.15, 0.2) is 5.65 Å². The molecule has 0 unspecified atom stereocenters. The summed E-state index contributed by atoms with van der Waals surface area (Å²) < 4.78 is 91.6. The topological polar surface area (TPSA) is 155 Å². The van der Waals surface area contributed by atoms with Crippen LogP contribution in [0.25, 0.3) is 16.8 Å². The van der Waals surface area contributed by atoms with Crippen molar-refractivity contribution in [1.82, 2.24) is 19.5 Å². The second-order valence-corrected chi connectivity index (χ2v) is 8.54. The number of piperazine rings is 1. The zero-order valence-electron chi connectivity index (χ0n) is 21.8. The highest BCUT2D eigenvalue weighted by Crippen LogP contribution is 2.24. The summed E-state index contributed by atoms with van der Waals surface area (Å²) in [6, 6.07) is 11.8. The highest BCUT2D eigenvalue weighted by Gasteiger charge is 2.38. The van der Waals surface area contributed by atoms with E-state index in [1.54, 1.807) is 12.3 Å². The zero-order chi connectivity index (χ0) is 32.5. The number of hydrogen-bond acceptors (Lipinski definition) is 7.